The summed E-state index contributed by atoms with van der Waals surface area (Å²) < 4.78 is 7.13. The molecule has 3 rings (SSSR count). The maximum atomic E-state index is 6.31. The number of nitrogen functional groups attached to an aromatic ring is 1. The van der Waals surface area contributed by atoms with Crippen LogP contribution in [0.3, 0.4) is 0 Å². The summed E-state index contributed by atoms with van der Waals surface area (Å²) in [5.74, 6) is 1.14. The SMILES string of the molecule is Cc1ccoc1-c1nn(C)c(N)c1-c1c(Cl)cccc1Cl. The van der Waals surface area contributed by atoms with Gasteiger partial charge >= 0.3 is 0 Å². The monoisotopic (exact) mass is 321 g/mol. The molecule has 4 nitrogen and oxygen atoms in total. The van der Waals surface area contributed by atoms with E-state index >= 15 is 0 Å². The van der Waals surface area contributed by atoms with Crippen molar-refractivity contribution in [2.75, 3.05) is 5.73 Å². The molecule has 1 aromatic carbocycles. The van der Waals surface area contributed by atoms with Gasteiger partial charge in [-0.05, 0) is 30.7 Å². The van der Waals surface area contributed by atoms with Crippen LogP contribution in [0.2, 0.25) is 10.0 Å². The highest BCUT2D eigenvalue weighted by atomic mass is 35.5. The van der Waals surface area contributed by atoms with E-state index in [-0.39, 0.29) is 0 Å². The second kappa shape index (κ2) is 5.13. The number of benzene rings is 1. The summed E-state index contributed by atoms with van der Waals surface area (Å²) in [4.78, 5) is 0. The average Bonchev–Trinajstić information content (AvgIpc) is 2.96. The quantitative estimate of drug-likeness (QED) is 0.753. The van der Waals surface area contributed by atoms with Gasteiger partial charge in [0.15, 0.2) is 5.76 Å². The number of halogens is 2. The topological polar surface area (TPSA) is 57.0 Å². The van der Waals surface area contributed by atoms with Crippen molar-refractivity contribution in [3.63, 3.8) is 0 Å². The third kappa shape index (κ3) is 2.20. The van der Waals surface area contributed by atoms with Crippen LogP contribution in [-0.4, -0.2) is 9.78 Å². The summed E-state index contributed by atoms with van der Waals surface area (Å²) in [5.41, 5.74) is 9.12. The first-order valence-corrected chi connectivity index (χ1v) is 7.07. The Bertz CT molecular complexity index is 800. The second-order valence-electron chi connectivity index (χ2n) is 4.76. The van der Waals surface area contributed by atoms with Gasteiger partial charge in [0.05, 0.1) is 21.9 Å². The zero-order valence-electron chi connectivity index (χ0n) is 11.5. The fraction of sp³-hybridized carbons (Fsp3) is 0.133. The average molecular weight is 322 g/mol. The van der Waals surface area contributed by atoms with Crippen LogP contribution in [-0.2, 0) is 7.05 Å². The third-order valence-corrected chi connectivity index (χ3v) is 4.01. The van der Waals surface area contributed by atoms with Gasteiger partial charge < -0.3 is 10.2 Å². The van der Waals surface area contributed by atoms with E-state index in [1.54, 1.807) is 36.2 Å². The molecular weight excluding hydrogens is 309 g/mol. The van der Waals surface area contributed by atoms with E-state index in [9.17, 15) is 0 Å². The number of rotatable bonds is 2. The molecule has 3 aromatic rings. The smallest absolute Gasteiger partial charge is 0.157 e. The molecule has 2 N–H and O–H groups in total. The van der Waals surface area contributed by atoms with Crippen molar-refractivity contribution in [3.8, 4) is 22.6 Å². The molecule has 0 radical (unpaired) electrons. The molecule has 21 heavy (non-hydrogen) atoms. The molecule has 0 saturated heterocycles. The van der Waals surface area contributed by atoms with E-state index in [1.807, 2.05) is 13.0 Å². The fourth-order valence-electron chi connectivity index (χ4n) is 2.29. The first-order chi connectivity index (χ1) is 10.0. The Balaban J connectivity index is 2.36. The molecule has 2 aromatic heterocycles. The van der Waals surface area contributed by atoms with Crippen LogP contribution in [0.1, 0.15) is 5.56 Å². The van der Waals surface area contributed by atoms with Gasteiger partial charge in [0.1, 0.15) is 11.5 Å². The van der Waals surface area contributed by atoms with Gasteiger partial charge in [-0.15, -0.1) is 0 Å². The molecule has 0 bridgehead atoms. The van der Waals surface area contributed by atoms with Gasteiger partial charge in [-0.25, -0.2) is 0 Å². The van der Waals surface area contributed by atoms with E-state index in [2.05, 4.69) is 5.10 Å². The lowest BCUT2D eigenvalue weighted by Gasteiger charge is -2.08. The first-order valence-electron chi connectivity index (χ1n) is 6.32. The number of furan rings is 1. The zero-order chi connectivity index (χ0) is 15.1. The molecule has 0 fully saturated rings. The Morgan fingerprint density at radius 1 is 1.14 bits per heavy atom. The van der Waals surface area contributed by atoms with E-state index in [4.69, 9.17) is 33.4 Å². The van der Waals surface area contributed by atoms with Crippen LogP contribution in [0.25, 0.3) is 22.6 Å². The highest BCUT2D eigenvalue weighted by molar-refractivity contribution is 6.39. The number of anilines is 1. The van der Waals surface area contributed by atoms with Gasteiger partial charge in [0, 0.05) is 12.6 Å². The first kappa shape index (κ1) is 14.0. The largest absolute Gasteiger partial charge is 0.462 e. The molecule has 0 amide bonds. The summed E-state index contributed by atoms with van der Waals surface area (Å²) in [6, 6.07) is 7.21. The lowest BCUT2D eigenvalue weighted by atomic mass is 10.0. The number of hydrogen-bond donors (Lipinski definition) is 1. The van der Waals surface area contributed by atoms with E-state index < -0.39 is 0 Å². The van der Waals surface area contributed by atoms with Crippen LogP contribution in [0.4, 0.5) is 5.82 Å². The van der Waals surface area contributed by atoms with Crippen LogP contribution in [0.5, 0.6) is 0 Å². The van der Waals surface area contributed by atoms with Crippen molar-refractivity contribution in [1.82, 2.24) is 9.78 Å². The summed E-state index contributed by atoms with van der Waals surface area (Å²) in [6.45, 7) is 1.95. The number of aryl methyl sites for hydroxylation is 2. The Kier molecular flexibility index (Phi) is 3.43. The molecule has 0 aliphatic heterocycles. The maximum absolute atomic E-state index is 6.31. The molecular formula is C15H13Cl2N3O. The Morgan fingerprint density at radius 3 is 2.38 bits per heavy atom. The van der Waals surface area contributed by atoms with Crippen molar-refractivity contribution in [1.29, 1.82) is 0 Å². The molecule has 2 heterocycles. The summed E-state index contributed by atoms with van der Waals surface area (Å²) in [7, 11) is 1.77. The second-order valence-corrected chi connectivity index (χ2v) is 5.58. The molecule has 0 saturated carbocycles. The number of nitrogens with two attached hydrogens (primary N) is 1. The van der Waals surface area contributed by atoms with Crippen LogP contribution < -0.4 is 5.73 Å². The predicted octanol–water partition coefficient (Wildman–Crippen LogP) is 4.54. The number of nitrogens with zero attached hydrogens (tertiary/aromatic N) is 2. The molecule has 0 spiro atoms. The van der Waals surface area contributed by atoms with Crippen molar-refractivity contribution in [2.24, 2.45) is 7.05 Å². The normalized spacial score (nSPS) is 11.0. The Hall–Kier alpha value is -1.91. The highest BCUT2D eigenvalue weighted by Crippen LogP contribution is 2.43. The zero-order valence-corrected chi connectivity index (χ0v) is 13.0. The minimum Gasteiger partial charge on any atom is -0.462 e. The number of hydrogen-bond acceptors (Lipinski definition) is 3. The Morgan fingerprint density at radius 2 is 1.81 bits per heavy atom. The minimum atomic E-state index is 0.482. The molecule has 0 aliphatic carbocycles. The van der Waals surface area contributed by atoms with Gasteiger partial charge in [-0.2, -0.15) is 5.10 Å². The van der Waals surface area contributed by atoms with E-state index in [1.165, 1.54) is 0 Å². The lowest BCUT2D eigenvalue weighted by Crippen LogP contribution is -1.98. The van der Waals surface area contributed by atoms with Gasteiger partial charge in [0.25, 0.3) is 0 Å². The summed E-state index contributed by atoms with van der Waals surface area (Å²) in [5, 5.41) is 5.49. The van der Waals surface area contributed by atoms with Crippen LogP contribution in [0.15, 0.2) is 34.9 Å². The van der Waals surface area contributed by atoms with Gasteiger partial charge in [-0.3, -0.25) is 4.68 Å². The van der Waals surface area contributed by atoms with E-state index in [0.29, 0.717) is 38.4 Å². The van der Waals surface area contributed by atoms with Crippen molar-refractivity contribution >= 4 is 29.0 Å². The van der Waals surface area contributed by atoms with Crippen molar-refractivity contribution < 1.29 is 4.42 Å². The van der Waals surface area contributed by atoms with Gasteiger partial charge in [0.2, 0.25) is 0 Å². The predicted molar refractivity (Wildman–Crippen MR) is 85.5 cm³/mol. The Labute approximate surface area is 132 Å². The molecule has 108 valence electrons. The van der Waals surface area contributed by atoms with Crippen molar-refractivity contribution in [2.45, 2.75) is 6.92 Å². The van der Waals surface area contributed by atoms with E-state index in [0.717, 1.165) is 5.56 Å². The van der Waals surface area contributed by atoms with Crippen molar-refractivity contribution in [3.05, 3.63) is 46.1 Å². The molecule has 6 heteroatoms. The molecule has 0 unspecified atom stereocenters. The third-order valence-electron chi connectivity index (χ3n) is 3.38. The standard InChI is InChI=1S/C15H13Cl2N3O/c1-8-6-7-21-14(8)13-12(15(18)20(2)19-13)11-9(16)4-3-5-10(11)17/h3-7H,18H2,1-2H3. The molecule has 0 atom stereocenters. The number of aromatic nitrogens is 2. The molecule has 0 aliphatic rings. The minimum absolute atomic E-state index is 0.482. The van der Waals surface area contributed by atoms with Crippen LogP contribution >= 0.6 is 23.2 Å². The maximum Gasteiger partial charge on any atom is 0.157 e. The highest BCUT2D eigenvalue weighted by Gasteiger charge is 2.24. The summed E-state index contributed by atoms with van der Waals surface area (Å²) >= 11 is 12.6. The van der Waals surface area contributed by atoms with Crippen LogP contribution in [0, 0.1) is 6.92 Å². The fourth-order valence-corrected chi connectivity index (χ4v) is 2.88. The lowest BCUT2D eigenvalue weighted by molar-refractivity contribution is 0.576. The summed E-state index contributed by atoms with van der Waals surface area (Å²) in [6.07, 6.45) is 1.62. The van der Waals surface area contributed by atoms with Gasteiger partial charge in [-0.1, -0.05) is 29.3 Å².